The first kappa shape index (κ1) is 16.8. The quantitative estimate of drug-likeness (QED) is 0.804. The van der Waals surface area contributed by atoms with Gasteiger partial charge in [0.2, 0.25) is 5.91 Å². The van der Waals surface area contributed by atoms with E-state index >= 15 is 0 Å². The highest BCUT2D eigenvalue weighted by molar-refractivity contribution is 5.89. The number of fused-ring (bicyclic) bond motifs is 1. The third kappa shape index (κ3) is 3.99. The van der Waals surface area contributed by atoms with Gasteiger partial charge in [-0.05, 0) is 47.0 Å². The van der Waals surface area contributed by atoms with Gasteiger partial charge < -0.3 is 15.0 Å². The Kier molecular flexibility index (Phi) is 4.78. The average Bonchev–Trinajstić information content (AvgIpc) is 2.71. The van der Waals surface area contributed by atoms with Gasteiger partial charge in [-0.1, -0.05) is 0 Å². The van der Waals surface area contributed by atoms with E-state index in [9.17, 15) is 14.4 Å². The first-order valence-corrected chi connectivity index (χ1v) is 8.01. The fourth-order valence-corrected chi connectivity index (χ4v) is 3.23. The molecule has 6 nitrogen and oxygen atoms in total. The summed E-state index contributed by atoms with van der Waals surface area (Å²) in [5.74, 6) is 0.0703. The molecule has 2 heterocycles. The van der Waals surface area contributed by atoms with Crippen LogP contribution in [0.1, 0.15) is 59.8 Å². The maximum Gasteiger partial charge on any atom is 0.408 e. The first-order valence-electron chi connectivity index (χ1n) is 8.01. The third-order valence-corrected chi connectivity index (χ3v) is 4.20. The van der Waals surface area contributed by atoms with Crippen molar-refractivity contribution in [2.24, 2.45) is 0 Å². The molecule has 2 amide bonds. The largest absolute Gasteiger partial charge is 0.444 e. The van der Waals surface area contributed by atoms with E-state index in [1.807, 2.05) is 6.92 Å². The van der Waals surface area contributed by atoms with Crippen LogP contribution in [0.25, 0.3) is 0 Å². The number of hydrogen-bond acceptors (Lipinski definition) is 4. The van der Waals surface area contributed by atoms with E-state index in [1.54, 1.807) is 25.7 Å². The van der Waals surface area contributed by atoms with Gasteiger partial charge in [0.05, 0.1) is 0 Å². The molecular weight excluding hydrogens is 284 g/mol. The SMILES string of the molecule is C[C@@H]1CC[C@@H]2CC(=O)CC[C@H](NC(=O)OC(C)(C)C)C(=O)N21. The Labute approximate surface area is 131 Å². The number of Topliss-reactive ketones (excluding diaryl/α,β-unsaturated/α-hetero) is 1. The van der Waals surface area contributed by atoms with Crippen LogP contribution in [-0.4, -0.2) is 46.4 Å². The standard InChI is InChI=1S/C16H26N2O4/c1-10-5-6-11-9-12(19)7-8-13(14(20)18(10)11)17-15(21)22-16(2,3)4/h10-11,13H,5-9H2,1-4H3,(H,17,21)/t10-,11-,13+/m1/s1. The number of carbonyl (C=O) groups excluding carboxylic acids is 3. The second-order valence-corrected chi connectivity index (χ2v) is 7.31. The zero-order chi connectivity index (χ0) is 16.5. The minimum atomic E-state index is -0.679. The minimum Gasteiger partial charge on any atom is -0.444 e. The predicted molar refractivity (Wildman–Crippen MR) is 81.3 cm³/mol. The number of ketones is 1. The third-order valence-electron chi connectivity index (χ3n) is 4.20. The van der Waals surface area contributed by atoms with Gasteiger partial charge in [0.15, 0.2) is 0 Å². The number of amides is 2. The summed E-state index contributed by atoms with van der Waals surface area (Å²) in [5, 5.41) is 2.64. The number of nitrogens with one attached hydrogen (secondary N) is 1. The fourth-order valence-electron chi connectivity index (χ4n) is 3.23. The van der Waals surface area contributed by atoms with Crippen LogP contribution in [0.5, 0.6) is 0 Å². The Balaban J connectivity index is 2.10. The number of ether oxygens (including phenoxy) is 1. The molecule has 0 bridgehead atoms. The zero-order valence-electron chi connectivity index (χ0n) is 13.8. The van der Waals surface area contributed by atoms with E-state index in [1.165, 1.54) is 0 Å². The van der Waals surface area contributed by atoms with Crippen LogP contribution < -0.4 is 5.32 Å². The van der Waals surface area contributed by atoms with E-state index in [0.29, 0.717) is 19.3 Å². The highest BCUT2D eigenvalue weighted by Crippen LogP contribution is 2.29. The molecule has 0 aromatic heterocycles. The first-order chi connectivity index (χ1) is 10.2. The molecule has 0 spiro atoms. The molecule has 0 saturated carbocycles. The molecule has 2 fully saturated rings. The van der Waals surface area contributed by atoms with Crippen molar-refractivity contribution in [3.8, 4) is 0 Å². The van der Waals surface area contributed by atoms with Crippen LogP contribution >= 0.6 is 0 Å². The summed E-state index contributed by atoms with van der Waals surface area (Å²) in [5.41, 5.74) is -0.617. The highest BCUT2D eigenvalue weighted by Gasteiger charge is 2.40. The normalized spacial score (nSPS) is 29.6. The summed E-state index contributed by atoms with van der Waals surface area (Å²) in [6.07, 6.45) is 2.26. The van der Waals surface area contributed by atoms with Gasteiger partial charge in [-0.15, -0.1) is 0 Å². The highest BCUT2D eigenvalue weighted by atomic mass is 16.6. The monoisotopic (exact) mass is 310 g/mol. The second-order valence-electron chi connectivity index (χ2n) is 7.31. The lowest BCUT2D eigenvalue weighted by atomic mass is 9.98. The molecule has 2 saturated heterocycles. The Bertz CT molecular complexity index is 469. The van der Waals surface area contributed by atoms with Crippen molar-refractivity contribution < 1.29 is 19.1 Å². The van der Waals surface area contributed by atoms with Crippen molar-refractivity contribution in [1.29, 1.82) is 0 Å². The van der Waals surface area contributed by atoms with Crippen molar-refractivity contribution in [3.05, 3.63) is 0 Å². The molecule has 0 aliphatic carbocycles. The smallest absolute Gasteiger partial charge is 0.408 e. The second kappa shape index (κ2) is 6.26. The molecule has 2 rings (SSSR count). The molecule has 22 heavy (non-hydrogen) atoms. The topological polar surface area (TPSA) is 75.7 Å². The molecule has 2 aliphatic heterocycles. The van der Waals surface area contributed by atoms with Gasteiger partial charge in [0.1, 0.15) is 17.4 Å². The van der Waals surface area contributed by atoms with Gasteiger partial charge in [0, 0.05) is 24.9 Å². The maximum atomic E-state index is 12.7. The Morgan fingerprint density at radius 2 is 1.91 bits per heavy atom. The van der Waals surface area contributed by atoms with Gasteiger partial charge in [0.25, 0.3) is 0 Å². The molecule has 3 atom stereocenters. The number of rotatable bonds is 1. The summed E-state index contributed by atoms with van der Waals surface area (Å²) < 4.78 is 5.22. The van der Waals surface area contributed by atoms with Crippen LogP contribution in [0.4, 0.5) is 4.79 Å². The average molecular weight is 310 g/mol. The van der Waals surface area contributed by atoms with Crippen LogP contribution in [-0.2, 0) is 14.3 Å². The Morgan fingerprint density at radius 1 is 1.23 bits per heavy atom. The zero-order valence-corrected chi connectivity index (χ0v) is 13.8. The summed E-state index contributed by atoms with van der Waals surface area (Å²) in [7, 11) is 0. The predicted octanol–water partition coefficient (Wildman–Crippen LogP) is 2.01. The number of alkyl carbamates (subject to hydrolysis) is 1. The Morgan fingerprint density at radius 3 is 2.55 bits per heavy atom. The molecule has 124 valence electrons. The number of hydrogen-bond donors (Lipinski definition) is 1. The molecular formula is C16H26N2O4. The van der Waals surface area contributed by atoms with E-state index in [0.717, 1.165) is 12.8 Å². The van der Waals surface area contributed by atoms with Crippen LogP contribution in [0.3, 0.4) is 0 Å². The molecule has 1 N–H and O–H groups in total. The maximum absolute atomic E-state index is 12.7. The fraction of sp³-hybridized carbons (Fsp3) is 0.812. The van der Waals surface area contributed by atoms with Crippen LogP contribution in [0.2, 0.25) is 0 Å². The van der Waals surface area contributed by atoms with Gasteiger partial charge in [-0.2, -0.15) is 0 Å². The lowest BCUT2D eigenvalue weighted by molar-refractivity contribution is -0.138. The number of nitrogens with zero attached hydrogens (tertiary/aromatic N) is 1. The summed E-state index contributed by atoms with van der Waals surface area (Å²) in [6, 6.07) is -0.577. The lowest BCUT2D eigenvalue weighted by Gasteiger charge is -2.34. The lowest BCUT2D eigenvalue weighted by Crippen LogP contribution is -2.54. The van der Waals surface area contributed by atoms with Crippen molar-refractivity contribution in [2.75, 3.05) is 0 Å². The van der Waals surface area contributed by atoms with E-state index < -0.39 is 17.7 Å². The van der Waals surface area contributed by atoms with Crippen molar-refractivity contribution in [1.82, 2.24) is 10.2 Å². The van der Waals surface area contributed by atoms with Crippen LogP contribution in [0.15, 0.2) is 0 Å². The van der Waals surface area contributed by atoms with Crippen molar-refractivity contribution >= 4 is 17.8 Å². The van der Waals surface area contributed by atoms with Crippen molar-refractivity contribution in [3.63, 3.8) is 0 Å². The van der Waals surface area contributed by atoms with E-state index in [2.05, 4.69) is 5.32 Å². The van der Waals surface area contributed by atoms with Gasteiger partial charge in [-0.3, -0.25) is 9.59 Å². The number of carbonyl (C=O) groups is 3. The Hall–Kier alpha value is -1.59. The van der Waals surface area contributed by atoms with E-state index in [-0.39, 0.29) is 23.8 Å². The molecule has 6 heteroatoms. The molecule has 0 aromatic rings. The van der Waals surface area contributed by atoms with Gasteiger partial charge >= 0.3 is 6.09 Å². The summed E-state index contributed by atoms with van der Waals surface area (Å²) >= 11 is 0. The molecule has 0 unspecified atom stereocenters. The van der Waals surface area contributed by atoms with Crippen molar-refractivity contribution in [2.45, 2.75) is 83.5 Å². The molecule has 2 aliphatic rings. The van der Waals surface area contributed by atoms with E-state index in [4.69, 9.17) is 4.74 Å². The minimum absolute atomic E-state index is 0.0155. The summed E-state index contributed by atoms with van der Waals surface area (Å²) in [6.45, 7) is 7.31. The van der Waals surface area contributed by atoms with Crippen LogP contribution in [0, 0.1) is 0 Å². The van der Waals surface area contributed by atoms with Gasteiger partial charge in [-0.25, -0.2) is 4.79 Å². The summed E-state index contributed by atoms with van der Waals surface area (Å²) in [4.78, 5) is 38.4. The molecule has 0 aromatic carbocycles. The molecule has 0 radical (unpaired) electrons.